The van der Waals surface area contributed by atoms with Crippen LogP contribution in [0.1, 0.15) is 32.5 Å². The molecule has 0 radical (unpaired) electrons. The Morgan fingerprint density at radius 3 is 2.69 bits per heavy atom. The van der Waals surface area contributed by atoms with E-state index in [2.05, 4.69) is 20.4 Å². The van der Waals surface area contributed by atoms with Crippen molar-refractivity contribution in [2.45, 2.75) is 13.8 Å². The van der Waals surface area contributed by atoms with E-state index in [9.17, 15) is 14.4 Å². The van der Waals surface area contributed by atoms with Crippen molar-refractivity contribution in [2.75, 3.05) is 6.61 Å². The topological polar surface area (TPSA) is 120 Å². The van der Waals surface area contributed by atoms with Gasteiger partial charge in [0, 0.05) is 24.6 Å². The van der Waals surface area contributed by atoms with Gasteiger partial charge in [0.15, 0.2) is 6.61 Å². The molecule has 0 aliphatic rings. The van der Waals surface area contributed by atoms with E-state index in [0.29, 0.717) is 5.69 Å². The van der Waals surface area contributed by atoms with Gasteiger partial charge in [0.2, 0.25) is 0 Å². The number of fused-ring (bicyclic) bond motifs is 1. The van der Waals surface area contributed by atoms with E-state index >= 15 is 0 Å². The highest BCUT2D eigenvalue weighted by atomic mass is 16.5. The number of hydrogen-bond donors (Lipinski definition) is 1. The summed E-state index contributed by atoms with van der Waals surface area (Å²) in [5.74, 6) is -2.17. The summed E-state index contributed by atoms with van der Waals surface area (Å²) in [6, 6.07) is 5.03. The number of aryl methyl sites for hydroxylation is 3. The number of amides is 2. The van der Waals surface area contributed by atoms with Gasteiger partial charge in [-0.3, -0.25) is 14.9 Å². The third-order valence-electron chi connectivity index (χ3n) is 3.56. The van der Waals surface area contributed by atoms with E-state index < -0.39 is 24.4 Å². The minimum atomic E-state index is -0.881. The number of aromatic nitrogens is 5. The molecule has 2 amide bonds. The summed E-state index contributed by atoms with van der Waals surface area (Å²) in [6.07, 6.45) is 1.67. The van der Waals surface area contributed by atoms with Crippen LogP contribution in [0.25, 0.3) is 5.78 Å². The number of nitrogens with zero attached hydrogens (tertiary/aromatic N) is 5. The summed E-state index contributed by atoms with van der Waals surface area (Å²) >= 11 is 0. The van der Waals surface area contributed by atoms with Gasteiger partial charge in [-0.05, 0) is 32.0 Å². The zero-order chi connectivity index (χ0) is 18.8. The molecule has 1 N–H and O–H groups in total. The van der Waals surface area contributed by atoms with Crippen LogP contribution in [0, 0.1) is 13.8 Å². The highest BCUT2D eigenvalue weighted by Gasteiger charge is 2.19. The smallest absolute Gasteiger partial charge is 0.378 e. The fourth-order valence-corrected chi connectivity index (χ4v) is 2.37. The summed E-state index contributed by atoms with van der Waals surface area (Å²) in [5, 5.41) is 6.15. The first kappa shape index (κ1) is 17.3. The lowest BCUT2D eigenvalue weighted by atomic mass is 10.4. The molecule has 0 atom stereocenters. The molecule has 10 nitrogen and oxygen atoms in total. The monoisotopic (exact) mass is 356 g/mol. The Bertz CT molecular complexity index is 1020. The first-order valence-electron chi connectivity index (χ1n) is 7.69. The van der Waals surface area contributed by atoms with Crippen molar-refractivity contribution in [3.8, 4) is 0 Å². The van der Waals surface area contributed by atoms with E-state index in [0.717, 1.165) is 11.4 Å². The second-order valence-corrected chi connectivity index (χ2v) is 5.64. The van der Waals surface area contributed by atoms with E-state index in [4.69, 9.17) is 4.74 Å². The zero-order valence-corrected chi connectivity index (χ0v) is 14.4. The lowest BCUT2D eigenvalue weighted by molar-refractivity contribution is -0.123. The number of ether oxygens (including phenoxy) is 1. The molecule has 0 saturated carbocycles. The molecule has 3 aromatic heterocycles. The van der Waals surface area contributed by atoms with Gasteiger partial charge >= 0.3 is 5.97 Å². The second-order valence-electron chi connectivity index (χ2n) is 5.64. The summed E-state index contributed by atoms with van der Waals surface area (Å²) in [4.78, 5) is 43.9. The van der Waals surface area contributed by atoms with Crippen LogP contribution in [0.5, 0.6) is 0 Å². The van der Waals surface area contributed by atoms with Gasteiger partial charge in [0.25, 0.3) is 23.4 Å². The first-order chi connectivity index (χ1) is 12.3. The molecule has 0 aromatic carbocycles. The SMILES string of the molecule is Cc1cc(C)n2nc(C(=O)OCC(=O)NC(=O)c3cccn3C)nc2n1. The molecule has 0 saturated heterocycles. The zero-order valence-electron chi connectivity index (χ0n) is 14.4. The van der Waals surface area contributed by atoms with Crippen LogP contribution in [0.15, 0.2) is 24.4 Å². The van der Waals surface area contributed by atoms with Gasteiger partial charge in [-0.25, -0.2) is 14.3 Å². The number of rotatable bonds is 4. The molecular formula is C16H16N6O4. The number of hydrogen-bond acceptors (Lipinski definition) is 7. The van der Waals surface area contributed by atoms with E-state index in [1.807, 2.05) is 0 Å². The molecule has 0 aliphatic carbocycles. The van der Waals surface area contributed by atoms with Crippen LogP contribution < -0.4 is 5.32 Å². The molecule has 0 spiro atoms. The summed E-state index contributed by atoms with van der Waals surface area (Å²) in [5.41, 5.74) is 1.80. The maximum atomic E-state index is 12.0. The predicted octanol–water partition coefficient (Wildman–Crippen LogP) is 0.193. The van der Waals surface area contributed by atoms with Crippen molar-refractivity contribution >= 4 is 23.6 Å². The normalized spacial score (nSPS) is 10.7. The number of carbonyl (C=O) groups excluding carboxylic acids is 3. The predicted molar refractivity (Wildman–Crippen MR) is 88.4 cm³/mol. The quantitative estimate of drug-likeness (QED) is 0.663. The molecular weight excluding hydrogens is 340 g/mol. The number of imide groups is 1. The van der Waals surface area contributed by atoms with Gasteiger partial charge < -0.3 is 9.30 Å². The van der Waals surface area contributed by atoms with Crippen molar-refractivity contribution in [1.82, 2.24) is 29.5 Å². The van der Waals surface area contributed by atoms with Crippen molar-refractivity contribution < 1.29 is 19.1 Å². The van der Waals surface area contributed by atoms with Gasteiger partial charge in [-0.15, -0.1) is 5.10 Å². The first-order valence-corrected chi connectivity index (χ1v) is 7.69. The highest BCUT2D eigenvalue weighted by molar-refractivity contribution is 6.04. The minimum Gasteiger partial charge on any atom is -0.450 e. The summed E-state index contributed by atoms with van der Waals surface area (Å²) in [7, 11) is 1.67. The average Bonchev–Trinajstić information content (AvgIpc) is 3.18. The van der Waals surface area contributed by atoms with Crippen molar-refractivity contribution in [3.63, 3.8) is 0 Å². The van der Waals surface area contributed by atoms with Crippen LogP contribution >= 0.6 is 0 Å². The molecule has 0 aliphatic heterocycles. The fourth-order valence-electron chi connectivity index (χ4n) is 2.37. The lowest BCUT2D eigenvalue weighted by Gasteiger charge is -2.05. The number of nitrogens with one attached hydrogen (secondary N) is 1. The Morgan fingerprint density at radius 2 is 2.00 bits per heavy atom. The Hall–Kier alpha value is -3.56. The Balaban J connectivity index is 1.62. The van der Waals surface area contributed by atoms with Gasteiger partial charge in [0.1, 0.15) is 5.69 Å². The molecule has 0 bridgehead atoms. The molecule has 10 heteroatoms. The Morgan fingerprint density at radius 1 is 1.23 bits per heavy atom. The van der Waals surface area contributed by atoms with Gasteiger partial charge in [0.05, 0.1) is 0 Å². The van der Waals surface area contributed by atoms with Gasteiger partial charge in [-0.2, -0.15) is 4.98 Å². The van der Waals surface area contributed by atoms with Crippen LogP contribution in [-0.2, 0) is 16.6 Å². The molecule has 134 valence electrons. The van der Waals surface area contributed by atoms with Crippen molar-refractivity contribution in [3.05, 3.63) is 47.3 Å². The summed E-state index contributed by atoms with van der Waals surface area (Å²) < 4.78 is 7.83. The van der Waals surface area contributed by atoms with E-state index in [1.54, 1.807) is 49.9 Å². The van der Waals surface area contributed by atoms with Gasteiger partial charge in [-0.1, -0.05) is 0 Å². The Kier molecular flexibility index (Phi) is 4.48. The van der Waals surface area contributed by atoms with E-state index in [1.165, 1.54) is 4.52 Å². The van der Waals surface area contributed by atoms with Crippen molar-refractivity contribution in [2.24, 2.45) is 7.05 Å². The molecule has 3 aromatic rings. The fraction of sp³-hybridized carbons (Fsp3) is 0.250. The Labute approximate surface area is 147 Å². The van der Waals surface area contributed by atoms with Crippen molar-refractivity contribution in [1.29, 1.82) is 0 Å². The van der Waals surface area contributed by atoms with Crippen LogP contribution in [-0.4, -0.2) is 48.5 Å². The molecule has 0 unspecified atom stereocenters. The largest absolute Gasteiger partial charge is 0.450 e. The molecule has 3 rings (SSSR count). The highest BCUT2D eigenvalue weighted by Crippen LogP contribution is 2.06. The maximum Gasteiger partial charge on any atom is 0.378 e. The number of esters is 1. The average molecular weight is 356 g/mol. The third-order valence-corrected chi connectivity index (χ3v) is 3.56. The van der Waals surface area contributed by atoms with Crippen LogP contribution in [0.3, 0.4) is 0 Å². The third kappa shape index (κ3) is 3.43. The molecule has 3 heterocycles. The molecule has 26 heavy (non-hydrogen) atoms. The second kappa shape index (κ2) is 6.75. The summed E-state index contributed by atoms with van der Waals surface area (Å²) in [6.45, 7) is 2.97. The molecule has 0 fully saturated rings. The van der Waals surface area contributed by atoms with Crippen LogP contribution in [0.4, 0.5) is 0 Å². The van der Waals surface area contributed by atoms with Crippen LogP contribution in [0.2, 0.25) is 0 Å². The lowest BCUT2D eigenvalue weighted by Crippen LogP contribution is -2.35. The standard InChI is InChI=1S/C16H16N6O4/c1-9-7-10(2)22-16(17-9)19-13(20-22)15(25)26-8-12(23)18-14(24)11-5-4-6-21(11)3/h4-7H,8H2,1-3H3,(H,18,23,24). The minimum absolute atomic E-state index is 0.215. The van der Waals surface area contributed by atoms with E-state index in [-0.39, 0.29) is 11.6 Å². The maximum absolute atomic E-state index is 12.0. The number of carbonyl (C=O) groups is 3.